The number of hydrogen-bond acceptors (Lipinski definition) is 3. The molecule has 1 N–H and O–H groups in total. The van der Waals surface area contributed by atoms with Gasteiger partial charge in [0, 0.05) is 40.4 Å². The van der Waals surface area contributed by atoms with Gasteiger partial charge < -0.3 is 5.32 Å². The molecular formula is C11H13BrClN3S. The lowest BCUT2D eigenvalue weighted by atomic mass is 10.2. The van der Waals surface area contributed by atoms with Crippen LogP contribution >= 0.6 is 38.9 Å². The lowest BCUT2D eigenvalue weighted by Gasteiger charge is -2.02. The Balaban J connectivity index is 1.94. The third kappa shape index (κ3) is 3.10. The third-order valence-electron chi connectivity index (χ3n) is 2.49. The Kier molecular flexibility index (Phi) is 4.25. The lowest BCUT2D eigenvalue weighted by Crippen LogP contribution is -2.12. The molecule has 0 aromatic carbocycles. The van der Waals surface area contributed by atoms with E-state index in [-0.39, 0.29) is 0 Å². The molecule has 0 aliphatic carbocycles. The zero-order valence-electron chi connectivity index (χ0n) is 9.63. The Labute approximate surface area is 118 Å². The van der Waals surface area contributed by atoms with Crippen LogP contribution in [0.3, 0.4) is 0 Å². The average molecular weight is 335 g/mol. The molecule has 2 aromatic heterocycles. The Morgan fingerprint density at radius 3 is 2.82 bits per heavy atom. The fourth-order valence-electron chi connectivity index (χ4n) is 1.63. The molecule has 0 unspecified atom stereocenters. The first kappa shape index (κ1) is 13.1. The van der Waals surface area contributed by atoms with Crippen LogP contribution in [0.5, 0.6) is 0 Å². The van der Waals surface area contributed by atoms with Crippen molar-refractivity contribution < 1.29 is 0 Å². The number of aryl methyl sites for hydroxylation is 2. The molecule has 92 valence electrons. The monoisotopic (exact) mass is 333 g/mol. The summed E-state index contributed by atoms with van der Waals surface area (Å²) in [6, 6.07) is 2.12. The summed E-state index contributed by atoms with van der Waals surface area (Å²) in [4.78, 5) is 1.30. The van der Waals surface area contributed by atoms with Crippen LogP contribution in [0, 0.1) is 6.92 Å². The number of hydrogen-bond donors (Lipinski definition) is 1. The van der Waals surface area contributed by atoms with Crippen molar-refractivity contribution in [3.63, 3.8) is 0 Å². The highest BCUT2D eigenvalue weighted by Crippen LogP contribution is 2.21. The van der Waals surface area contributed by atoms with Crippen LogP contribution in [0.4, 0.5) is 0 Å². The van der Waals surface area contributed by atoms with Gasteiger partial charge in [0.1, 0.15) is 5.15 Å². The highest BCUT2D eigenvalue weighted by atomic mass is 79.9. The summed E-state index contributed by atoms with van der Waals surface area (Å²) in [5.74, 6) is 0. The lowest BCUT2D eigenvalue weighted by molar-refractivity contribution is 0.697. The van der Waals surface area contributed by atoms with Gasteiger partial charge >= 0.3 is 0 Å². The number of aromatic nitrogens is 2. The highest BCUT2D eigenvalue weighted by Gasteiger charge is 2.10. The van der Waals surface area contributed by atoms with Crippen molar-refractivity contribution in [1.82, 2.24) is 15.1 Å². The van der Waals surface area contributed by atoms with Crippen LogP contribution in [0.2, 0.25) is 5.15 Å². The molecule has 0 bridgehead atoms. The summed E-state index contributed by atoms with van der Waals surface area (Å²) < 4.78 is 2.84. The van der Waals surface area contributed by atoms with E-state index in [9.17, 15) is 0 Å². The molecule has 0 amide bonds. The molecule has 0 spiro atoms. The minimum Gasteiger partial charge on any atom is -0.308 e. The number of thiophene rings is 1. The first-order valence-electron chi connectivity index (χ1n) is 5.19. The molecule has 2 heterocycles. The Morgan fingerprint density at radius 1 is 1.53 bits per heavy atom. The molecule has 2 aromatic rings. The van der Waals surface area contributed by atoms with Crippen molar-refractivity contribution in [2.45, 2.75) is 20.0 Å². The van der Waals surface area contributed by atoms with Gasteiger partial charge in [0.25, 0.3) is 0 Å². The number of rotatable bonds is 4. The van der Waals surface area contributed by atoms with Crippen molar-refractivity contribution in [2.75, 3.05) is 0 Å². The maximum Gasteiger partial charge on any atom is 0.131 e. The highest BCUT2D eigenvalue weighted by molar-refractivity contribution is 9.10. The number of nitrogens with zero attached hydrogens (tertiary/aromatic N) is 2. The largest absolute Gasteiger partial charge is 0.308 e. The maximum atomic E-state index is 6.16. The van der Waals surface area contributed by atoms with Crippen LogP contribution in [-0.2, 0) is 20.1 Å². The van der Waals surface area contributed by atoms with Gasteiger partial charge in [-0.3, -0.25) is 4.68 Å². The van der Waals surface area contributed by atoms with E-state index in [1.165, 1.54) is 4.88 Å². The predicted octanol–water partition coefficient (Wildman–Crippen LogP) is 3.50. The second kappa shape index (κ2) is 5.52. The molecule has 6 heteroatoms. The zero-order chi connectivity index (χ0) is 12.4. The first-order valence-corrected chi connectivity index (χ1v) is 7.24. The Morgan fingerprint density at radius 2 is 2.29 bits per heavy atom. The van der Waals surface area contributed by atoms with Gasteiger partial charge in [-0.25, -0.2) is 0 Å². The zero-order valence-corrected chi connectivity index (χ0v) is 12.8. The van der Waals surface area contributed by atoms with E-state index in [1.54, 1.807) is 16.0 Å². The van der Waals surface area contributed by atoms with Gasteiger partial charge in [0.05, 0.1) is 5.69 Å². The van der Waals surface area contributed by atoms with E-state index in [0.717, 1.165) is 28.8 Å². The first-order chi connectivity index (χ1) is 8.08. The second-order valence-electron chi connectivity index (χ2n) is 3.81. The van der Waals surface area contributed by atoms with E-state index < -0.39 is 0 Å². The van der Waals surface area contributed by atoms with Crippen LogP contribution in [-0.4, -0.2) is 9.78 Å². The summed E-state index contributed by atoms with van der Waals surface area (Å²) in [7, 11) is 1.86. The topological polar surface area (TPSA) is 29.9 Å². The van der Waals surface area contributed by atoms with E-state index >= 15 is 0 Å². The SMILES string of the molecule is Cc1nn(C)c(Cl)c1CNCc1cc(Br)cs1. The fourth-order valence-corrected chi connectivity index (χ4v) is 3.29. The van der Waals surface area contributed by atoms with Crippen LogP contribution < -0.4 is 5.32 Å². The number of nitrogens with one attached hydrogen (secondary N) is 1. The molecule has 3 nitrogen and oxygen atoms in total. The molecular weight excluding hydrogens is 322 g/mol. The van der Waals surface area contributed by atoms with E-state index in [1.807, 2.05) is 14.0 Å². The van der Waals surface area contributed by atoms with Gasteiger partial charge in [-0.1, -0.05) is 11.6 Å². The molecule has 0 atom stereocenters. The normalized spacial score (nSPS) is 11.1. The van der Waals surface area contributed by atoms with Gasteiger partial charge in [0.15, 0.2) is 0 Å². The average Bonchev–Trinajstić information content (AvgIpc) is 2.78. The van der Waals surface area contributed by atoms with Crippen molar-refractivity contribution in [3.8, 4) is 0 Å². The molecule has 0 aliphatic rings. The quantitative estimate of drug-likeness (QED) is 0.927. The fraction of sp³-hybridized carbons (Fsp3) is 0.364. The molecule has 17 heavy (non-hydrogen) atoms. The Hall–Kier alpha value is -0.360. The van der Waals surface area contributed by atoms with Crippen molar-refractivity contribution in [1.29, 1.82) is 0 Å². The van der Waals surface area contributed by atoms with E-state index in [4.69, 9.17) is 11.6 Å². The second-order valence-corrected chi connectivity index (χ2v) is 6.08. The van der Waals surface area contributed by atoms with E-state index in [0.29, 0.717) is 5.15 Å². The minimum atomic E-state index is 0.711. The van der Waals surface area contributed by atoms with Crippen LogP contribution in [0.25, 0.3) is 0 Å². The van der Waals surface area contributed by atoms with Gasteiger partial charge in [0.2, 0.25) is 0 Å². The summed E-state index contributed by atoms with van der Waals surface area (Å²) in [6.07, 6.45) is 0. The molecule has 0 saturated heterocycles. The standard InChI is InChI=1S/C11H13BrClN3S/c1-7-10(11(13)16(2)15-7)5-14-4-9-3-8(12)6-17-9/h3,6,14H,4-5H2,1-2H3. The molecule has 2 rings (SSSR count). The van der Waals surface area contributed by atoms with Gasteiger partial charge in [-0.15, -0.1) is 11.3 Å². The third-order valence-corrected chi connectivity index (χ3v) is 4.66. The van der Waals surface area contributed by atoms with Gasteiger partial charge in [-0.2, -0.15) is 5.10 Å². The minimum absolute atomic E-state index is 0.711. The molecule has 0 radical (unpaired) electrons. The molecule has 0 aliphatic heterocycles. The summed E-state index contributed by atoms with van der Waals surface area (Å²) in [5, 5.41) is 10.5. The molecule has 0 fully saturated rings. The van der Waals surface area contributed by atoms with Crippen molar-refractivity contribution in [2.24, 2.45) is 7.05 Å². The summed E-state index contributed by atoms with van der Waals surface area (Å²) >= 11 is 11.3. The number of halogens is 2. The summed E-state index contributed by atoms with van der Waals surface area (Å²) in [5.41, 5.74) is 2.06. The summed E-state index contributed by atoms with van der Waals surface area (Å²) in [6.45, 7) is 3.57. The smallest absolute Gasteiger partial charge is 0.131 e. The van der Waals surface area contributed by atoms with Crippen LogP contribution in [0.15, 0.2) is 15.9 Å². The van der Waals surface area contributed by atoms with E-state index in [2.05, 4.69) is 37.8 Å². The van der Waals surface area contributed by atoms with Crippen molar-refractivity contribution in [3.05, 3.63) is 37.2 Å². The van der Waals surface area contributed by atoms with Crippen LogP contribution in [0.1, 0.15) is 16.1 Å². The Bertz CT molecular complexity index is 521. The molecule has 0 saturated carbocycles. The van der Waals surface area contributed by atoms with Gasteiger partial charge in [-0.05, 0) is 28.9 Å². The predicted molar refractivity (Wildman–Crippen MR) is 75.5 cm³/mol. The maximum absolute atomic E-state index is 6.16. The van der Waals surface area contributed by atoms with Crippen molar-refractivity contribution >= 4 is 38.9 Å².